The fourth-order valence-corrected chi connectivity index (χ4v) is 3.08. The fraction of sp³-hybridized carbons (Fsp3) is 0.450. The Bertz CT molecular complexity index is 848. The van der Waals surface area contributed by atoms with Crippen LogP contribution in [0.25, 0.3) is 11.0 Å². The van der Waals surface area contributed by atoms with E-state index in [1.165, 1.54) is 11.1 Å². The average Bonchev–Trinajstić information content (AvgIpc) is 2.88. The number of imidazole rings is 1. The molecule has 3 rings (SSSR count). The van der Waals surface area contributed by atoms with Crippen molar-refractivity contribution in [2.75, 3.05) is 0 Å². The minimum Gasteiger partial charge on any atom is -0.331 e. The van der Waals surface area contributed by atoms with Gasteiger partial charge in [-0.2, -0.15) is 0 Å². The summed E-state index contributed by atoms with van der Waals surface area (Å²) in [5.41, 5.74) is 5.81. The summed E-state index contributed by atoms with van der Waals surface area (Å²) in [6, 6.07) is 8.68. The van der Waals surface area contributed by atoms with Crippen molar-refractivity contribution in [1.29, 1.82) is 0 Å². The highest BCUT2D eigenvalue weighted by atomic mass is 15.1. The molecule has 0 aliphatic rings. The van der Waals surface area contributed by atoms with Crippen LogP contribution in [0.5, 0.6) is 0 Å². The van der Waals surface area contributed by atoms with Crippen molar-refractivity contribution in [2.45, 2.75) is 52.4 Å². The molecule has 0 N–H and O–H groups in total. The predicted molar refractivity (Wildman–Crippen MR) is 98.3 cm³/mol. The summed E-state index contributed by atoms with van der Waals surface area (Å²) in [6.07, 6.45) is 3.64. The van der Waals surface area contributed by atoms with Crippen molar-refractivity contribution in [1.82, 2.24) is 19.5 Å². The number of fused-ring (bicyclic) bond motifs is 1. The first kappa shape index (κ1) is 16.6. The van der Waals surface area contributed by atoms with Crippen LogP contribution < -0.4 is 0 Å². The molecule has 0 saturated heterocycles. The molecule has 126 valence electrons. The lowest BCUT2D eigenvalue weighted by Gasteiger charge is -2.11. The first-order chi connectivity index (χ1) is 11.5. The van der Waals surface area contributed by atoms with Gasteiger partial charge in [0.1, 0.15) is 12.2 Å². The van der Waals surface area contributed by atoms with Crippen molar-refractivity contribution in [3.05, 3.63) is 53.4 Å². The molecule has 1 atom stereocenters. The number of hydrogen-bond donors (Lipinski definition) is 0. The second-order valence-electron chi connectivity index (χ2n) is 7.01. The van der Waals surface area contributed by atoms with Crippen LogP contribution in [-0.2, 0) is 13.5 Å². The van der Waals surface area contributed by atoms with Crippen LogP contribution in [0, 0.1) is 6.92 Å². The number of benzene rings is 1. The molecule has 4 heteroatoms. The van der Waals surface area contributed by atoms with E-state index in [9.17, 15) is 0 Å². The number of aryl methyl sites for hydroxylation is 3. The summed E-state index contributed by atoms with van der Waals surface area (Å²) < 4.78 is 2.24. The third-order valence-corrected chi connectivity index (χ3v) is 4.79. The van der Waals surface area contributed by atoms with Crippen molar-refractivity contribution < 1.29 is 0 Å². The van der Waals surface area contributed by atoms with E-state index in [0.29, 0.717) is 11.8 Å². The summed E-state index contributed by atoms with van der Waals surface area (Å²) in [5.74, 6) is 2.08. The molecule has 0 fully saturated rings. The van der Waals surface area contributed by atoms with Gasteiger partial charge in [-0.1, -0.05) is 26.8 Å². The zero-order valence-corrected chi connectivity index (χ0v) is 15.2. The number of rotatable bonds is 5. The Kier molecular flexibility index (Phi) is 4.65. The van der Waals surface area contributed by atoms with Gasteiger partial charge in [0.2, 0.25) is 0 Å². The smallest absolute Gasteiger partial charge is 0.115 e. The maximum absolute atomic E-state index is 4.83. The van der Waals surface area contributed by atoms with Crippen molar-refractivity contribution in [3.8, 4) is 0 Å². The van der Waals surface area contributed by atoms with Gasteiger partial charge < -0.3 is 4.57 Å². The molecule has 3 aromatic rings. The van der Waals surface area contributed by atoms with E-state index in [0.717, 1.165) is 35.6 Å². The molecule has 0 amide bonds. The minimum absolute atomic E-state index is 0.401. The monoisotopic (exact) mass is 322 g/mol. The Labute approximate surface area is 144 Å². The van der Waals surface area contributed by atoms with Gasteiger partial charge >= 0.3 is 0 Å². The SMILES string of the molecule is Cc1cc(C(C)CCc2nc3ccc(C(C)C)cc3n2C)ncn1. The standard InChI is InChI=1S/C20H26N4/c1-13(2)16-7-8-17-19(11-16)24(5)20(23-17)9-6-14(3)18-10-15(4)21-12-22-18/h7-8,10-14H,6,9H2,1-5H3. The summed E-state index contributed by atoms with van der Waals surface area (Å²) in [6.45, 7) is 8.69. The van der Waals surface area contributed by atoms with Gasteiger partial charge in [0.05, 0.1) is 11.0 Å². The Morgan fingerprint density at radius 2 is 1.88 bits per heavy atom. The maximum Gasteiger partial charge on any atom is 0.115 e. The molecule has 0 spiro atoms. The third-order valence-electron chi connectivity index (χ3n) is 4.79. The van der Waals surface area contributed by atoms with E-state index in [4.69, 9.17) is 4.98 Å². The van der Waals surface area contributed by atoms with Crippen LogP contribution >= 0.6 is 0 Å². The van der Waals surface area contributed by atoms with Gasteiger partial charge in [0.25, 0.3) is 0 Å². The molecular weight excluding hydrogens is 296 g/mol. The van der Waals surface area contributed by atoms with Crippen molar-refractivity contribution >= 4 is 11.0 Å². The highest BCUT2D eigenvalue weighted by Crippen LogP contribution is 2.24. The Morgan fingerprint density at radius 1 is 1.08 bits per heavy atom. The Hall–Kier alpha value is -2.23. The molecule has 0 radical (unpaired) electrons. The highest BCUT2D eigenvalue weighted by Gasteiger charge is 2.13. The quantitative estimate of drug-likeness (QED) is 0.693. The predicted octanol–water partition coefficient (Wildman–Crippen LogP) is 4.53. The molecule has 1 unspecified atom stereocenters. The number of hydrogen-bond acceptors (Lipinski definition) is 3. The molecule has 2 heterocycles. The molecular formula is C20H26N4. The van der Waals surface area contributed by atoms with Crippen LogP contribution in [0.3, 0.4) is 0 Å². The summed E-state index contributed by atoms with van der Waals surface area (Å²) in [4.78, 5) is 13.4. The van der Waals surface area contributed by atoms with E-state index < -0.39 is 0 Å². The maximum atomic E-state index is 4.83. The summed E-state index contributed by atoms with van der Waals surface area (Å²) >= 11 is 0. The van der Waals surface area contributed by atoms with Crippen LogP contribution in [0.1, 0.15) is 61.8 Å². The molecule has 24 heavy (non-hydrogen) atoms. The molecule has 0 saturated carbocycles. The van der Waals surface area contributed by atoms with E-state index >= 15 is 0 Å². The van der Waals surface area contributed by atoms with Gasteiger partial charge in [-0.25, -0.2) is 15.0 Å². The van der Waals surface area contributed by atoms with Crippen molar-refractivity contribution in [3.63, 3.8) is 0 Å². The summed E-state index contributed by atoms with van der Waals surface area (Å²) in [5, 5.41) is 0. The molecule has 0 aliphatic carbocycles. The molecule has 1 aromatic carbocycles. The molecule has 2 aromatic heterocycles. The van der Waals surface area contributed by atoms with Crippen molar-refractivity contribution in [2.24, 2.45) is 7.05 Å². The second kappa shape index (κ2) is 6.71. The second-order valence-corrected chi connectivity index (χ2v) is 7.01. The zero-order chi connectivity index (χ0) is 17.3. The van der Waals surface area contributed by atoms with Crippen LogP contribution in [-0.4, -0.2) is 19.5 Å². The normalized spacial score (nSPS) is 12.9. The number of aromatic nitrogens is 4. The molecule has 4 nitrogen and oxygen atoms in total. The van der Waals surface area contributed by atoms with E-state index in [2.05, 4.69) is 66.6 Å². The first-order valence-corrected chi connectivity index (χ1v) is 8.69. The summed E-state index contributed by atoms with van der Waals surface area (Å²) in [7, 11) is 2.12. The Balaban J connectivity index is 1.79. The van der Waals surface area contributed by atoms with Crippen LogP contribution in [0.15, 0.2) is 30.6 Å². The van der Waals surface area contributed by atoms with Crippen LogP contribution in [0.2, 0.25) is 0 Å². The third kappa shape index (κ3) is 3.32. The van der Waals surface area contributed by atoms with Gasteiger partial charge in [-0.05, 0) is 48.9 Å². The minimum atomic E-state index is 0.401. The van der Waals surface area contributed by atoms with Gasteiger partial charge in [-0.3, -0.25) is 0 Å². The lowest BCUT2D eigenvalue weighted by molar-refractivity contribution is 0.629. The lowest BCUT2D eigenvalue weighted by atomic mass is 10.0. The van der Waals surface area contributed by atoms with Crippen LogP contribution in [0.4, 0.5) is 0 Å². The van der Waals surface area contributed by atoms with E-state index in [1.54, 1.807) is 6.33 Å². The lowest BCUT2D eigenvalue weighted by Crippen LogP contribution is -2.04. The number of nitrogens with zero attached hydrogens (tertiary/aromatic N) is 4. The largest absolute Gasteiger partial charge is 0.331 e. The first-order valence-electron chi connectivity index (χ1n) is 8.69. The van der Waals surface area contributed by atoms with Gasteiger partial charge in [-0.15, -0.1) is 0 Å². The van der Waals surface area contributed by atoms with E-state index in [-0.39, 0.29) is 0 Å². The van der Waals surface area contributed by atoms with Gasteiger partial charge in [0.15, 0.2) is 0 Å². The topological polar surface area (TPSA) is 43.6 Å². The Morgan fingerprint density at radius 3 is 2.58 bits per heavy atom. The molecule has 0 aliphatic heterocycles. The van der Waals surface area contributed by atoms with E-state index in [1.807, 2.05) is 6.92 Å². The highest BCUT2D eigenvalue weighted by molar-refractivity contribution is 5.77. The fourth-order valence-electron chi connectivity index (χ4n) is 3.08. The van der Waals surface area contributed by atoms with Gasteiger partial charge in [0, 0.05) is 24.9 Å². The molecule has 0 bridgehead atoms. The average molecular weight is 322 g/mol. The zero-order valence-electron chi connectivity index (χ0n) is 15.2.